The molecule has 1 saturated carbocycles. The molecule has 30 heteroatoms. The highest BCUT2D eigenvalue weighted by Crippen LogP contribution is 2.46. The van der Waals surface area contributed by atoms with Crippen molar-refractivity contribution in [3.63, 3.8) is 0 Å². The standard InChI is InChI=1S/C30H28N6O2.C28H23N5O2.C28H31N5O.C23H21N5O3S/c37-28-20-24(12-13-31-28)27-11-10-26(29-32-14-15-36(27)29)33-25-8-6-23(7-9-25)30(38)35-18-16-34(17-19-35)21-22-4-2-1-3-5-22;34-25-18-20(12-15-29-25)24-11-10-23(26-30-16-17-33(24)26)31-22-8-6-19(7-9-22)27(35)32-28(13-14-28)21-4-2-1-3-5-21;1-3-15-31-17-19-32(20-18-31)25-10-8-24(9-11-25)30-26-12-13-27(33-16-14-29-28(26)33)23-6-4-22(5-7-23)21(2)34;1-27(2)32(30,31)18-6-4-17(5-7-18)26-20-9-10-21(28-12-11-24-22(20)28)15-3-8-19-16(13-15)14-25-23(19)29/h1-15,20,33H,16-19,21H2,(H,31,37);1-12,15-18,31H,13-14H2,(H,29,34)(H,32,35);4-14,16,30H,3,15,17-20H2,1-2H3;3-13,26H,14H2,1-2H3,(H,25,29). The zero-order valence-electron chi connectivity index (χ0n) is 77.1. The molecule has 1 aliphatic carbocycles. The van der Waals surface area contributed by atoms with Gasteiger partial charge in [0.25, 0.3) is 17.7 Å². The topological polar surface area (TPSA) is 326 Å². The SMILES string of the molecule is CCCN1CCN(c2ccc(Nc3ccc(-c4ccc(C(C)=O)cc4)n4ccnc34)cc2)CC1.CN(C)S(=O)(=O)c1ccc(Nc2ccc(-c3ccc4c(c3)CNC4=O)n3ccnc23)cc1.O=C(NC1(c2ccccc2)CC1)c1ccc(Nc2ccc(-c3cc[nH]c(=O)c3)n3ccnc23)cc1.O=C(c1ccc(Nc2ccc(-c3cc[nH]c(=O)c3)n3ccnc23)cc1)N1CCN(Cc2ccccc2)CC1. The lowest BCUT2D eigenvalue weighted by atomic mass is 10.0. The minimum atomic E-state index is -3.47. The Kier molecular flexibility index (Phi) is 26.6. The van der Waals surface area contributed by atoms with E-state index in [1.165, 1.54) is 42.6 Å². The number of aromatic amines is 2. The van der Waals surface area contributed by atoms with Crippen LogP contribution in [0.5, 0.6) is 0 Å². The van der Waals surface area contributed by atoms with Crippen molar-refractivity contribution in [1.82, 2.24) is 77.1 Å². The number of rotatable bonds is 24. The number of benzene rings is 8. The summed E-state index contributed by atoms with van der Waals surface area (Å²) in [5.74, 6) is 0.0245. The number of Topliss-reactive ketones (excluding diaryl/α,β-unsaturated/α-hetero) is 1. The fourth-order valence-electron chi connectivity index (χ4n) is 17.9. The monoisotopic (exact) mass is 1870 g/mol. The van der Waals surface area contributed by atoms with Gasteiger partial charge in [-0.2, -0.15) is 0 Å². The number of hydrogen-bond donors (Lipinski definition) is 8. The molecule has 0 spiro atoms. The molecule has 13 heterocycles. The second-order valence-electron chi connectivity index (χ2n) is 34.9. The fourth-order valence-corrected chi connectivity index (χ4v) is 18.8. The summed E-state index contributed by atoms with van der Waals surface area (Å²) < 4.78 is 33.7. The first-order chi connectivity index (χ1) is 67.7. The third-order valence-corrected chi connectivity index (χ3v) is 27.3. The molecule has 22 rings (SSSR count). The van der Waals surface area contributed by atoms with Crippen LogP contribution in [0.2, 0.25) is 0 Å². The maximum atomic E-state index is 13.1. The molecule has 18 aromatic rings. The summed E-state index contributed by atoms with van der Waals surface area (Å²) in [6.45, 7) is 14.1. The maximum absolute atomic E-state index is 13.1. The minimum Gasteiger partial charge on any atom is -0.369 e. The Morgan fingerprint density at radius 1 is 0.439 bits per heavy atom. The molecule has 0 unspecified atom stereocenters. The van der Waals surface area contributed by atoms with Gasteiger partial charge < -0.3 is 51.7 Å². The number of anilines is 9. The van der Waals surface area contributed by atoms with Gasteiger partial charge in [0.05, 0.1) is 56.0 Å². The van der Waals surface area contributed by atoms with Crippen LogP contribution in [0.25, 0.3) is 67.6 Å². The first kappa shape index (κ1) is 91.4. The molecule has 10 aromatic heterocycles. The Balaban J connectivity index is 0.000000118. The highest BCUT2D eigenvalue weighted by atomic mass is 32.2. The van der Waals surface area contributed by atoms with Crippen LogP contribution in [0.4, 0.5) is 51.2 Å². The number of sulfonamides is 1. The Labute approximate surface area is 802 Å². The number of nitrogens with zero attached hydrogens (tertiary/aromatic N) is 13. The summed E-state index contributed by atoms with van der Waals surface area (Å²) in [4.78, 5) is 106. The number of carbonyl (C=O) groups is 4. The molecule has 4 aliphatic rings. The number of carbonyl (C=O) groups excluding carboxylic acids is 4. The van der Waals surface area contributed by atoms with Gasteiger partial charge in [0.2, 0.25) is 21.1 Å². The molecular formula is C109H103N21O8S. The van der Waals surface area contributed by atoms with Gasteiger partial charge in [-0.25, -0.2) is 32.7 Å². The van der Waals surface area contributed by atoms with Crippen LogP contribution < -0.4 is 47.9 Å². The molecule has 3 aliphatic heterocycles. The van der Waals surface area contributed by atoms with Gasteiger partial charge in [-0.15, -0.1) is 0 Å². The summed E-state index contributed by atoms with van der Waals surface area (Å²) in [7, 11) is -0.458. The summed E-state index contributed by atoms with van der Waals surface area (Å²) in [5.41, 5.74) is 24.3. The van der Waals surface area contributed by atoms with Crippen molar-refractivity contribution in [1.29, 1.82) is 0 Å². The van der Waals surface area contributed by atoms with Crippen molar-refractivity contribution in [3.05, 3.63) is 395 Å². The van der Waals surface area contributed by atoms with E-state index in [-0.39, 0.29) is 45.1 Å². The van der Waals surface area contributed by atoms with E-state index in [0.29, 0.717) is 23.2 Å². The largest absolute Gasteiger partial charge is 0.369 e. The first-order valence-electron chi connectivity index (χ1n) is 46.3. The van der Waals surface area contributed by atoms with E-state index < -0.39 is 10.0 Å². The van der Waals surface area contributed by atoms with Gasteiger partial charge >= 0.3 is 0 Å². The molecule has 3 fully saturated rings. The van der Waals surface area contributed by atoms with Crippen LogP contribution in [-0.4, -0.2) is 171 Å². The number of fused-ring (bicyclic) bond motifs is 5. The Bertz CT molecular complexity index is 7760. The second-order valence-corrected chi connectivity index (χ2v) is 37.0. The molecule has 2 saturated heterocycles. The zero-order chi connectivity index (χ0) is 95.7. The first-order valence-corrected chi connectivity index (χ1v) is 47.7. The predicted octanol–water partition coefficient (Wildman–Crippen LogP) is 18.0. The van der Waals surface area contributed by atoms with Crippen molar-refractivity contribution in [2.24, 2.45) is 0 Å². The number of amides is 3. The lowest BCUT2D eigenvalue weighted by Crippen LogP contribution is -2.48. The lowest BCUT2D eigenvalue weighted by molar-refractivity contribution is 0.0628. The van der Waals surface area contributed by atoms with E-state index in [4.69, 9.17) is 0 Å². The predicted molar refractivity (Wildman–Crippen MR) is 546 cm³/mol. The Morgan fingerprint density at radius 3 is 1.32 bits per heavy atom. The average molecular weight is 1870 g/mol. The van der Waals surface area contributed by atoms with Crippen molar-refractivity contribution in [2.75, 3.05) is 99.2 Å². The molecule has 8 N–H and O–H groups in total. The van der Waals surface area contributed by atoms with Gasteiger partial charge in [-0.3, -0.25) is 56.2 Å². The van der Waals surface area contributed by atoms with Gasteiger partial charge in [-0.05, 0) is 230 Å². The molecular weight excluding hydrogens is 1760 g/mol. The van der Waals surface area contributed by atoms with Crippen molar-refractivity contribution < 1.29 is 27.6 Å². The summed E-state index contributed by atoms with van der Waals surface area (Å²) in [6.07, 6.45) is 21.0. The van der Waals surface area contributed by atoms with E-state index in [9.17, 15) is 37.2 Å². The van der Waals surface area contributed by atoms with Crippen LogP contribution in [0.15, 0.2) is 349 Å². The Morgan fingerprint density at radius 2 is 0.863 bits per heavy atom. The summed E-state index contributed by atoms with van der Waals surface area (Å²) in [6, 6.07) is 87.2. The zero-order valence-corrected chi connectivity index (χ0v) is 78.0. The van der Waals surface area contributed by atoms with Crippen molar-refractivity contribution >= 4 is 107 Å². The van der Waals surface area contributed by atoms with E-state index in [2.05, 4.69) is 161 Å². The third kappa shape index (κ3) is 20.5. The number of hydrogen-bond acceptors (Lipinski definition) is 19. The quantitative estimate of drug-likeness (QED) is 0.0261. The van der Waals surface area contributed by atoms with Crippen LogP contribution in [0.1, 0.15) is 91.2 Å². The fraction of sp³-hybridized carbons (Fsp3) is 0.174. The minimum absolute atomic E-state index is 0.0386. The number of ketones is 1. The molecule has 0 atom stereocenters. The van der Waals surface area contributed by atoms with Gasteiger partial charge in [0.1, 0.15) is 0 Å². The second kappa shape index (κ2) is 40.5. The number of pyridine rings is 6. The molecule has 0 radical (unpaired) electrons. The maximum Gasteiger partial charge on any atom is 0.253 e. The van der Waals surface area contributed by atoms with Gasteiger partial charge in [-0.1, -0.05) is 97.9 Å². The number of aromatic nitrogens is 10. The van der Waals surface area contributed by atoms with Crippen LogP contribution in [0, 0.1) is 0 Å². The third-order valence-electron chi connectivity index (χ3n) is 25.5. The molecule has 698 valence electrons. The Hall–Kier alpha value is -16.7. The van der Waals surface area contributed by atoms with Crippen molar-refractivity contribution in [2.45, 2.75) is 56.6 Å². The number of nitrogens with one attached hydrogen (secondary N) is 8. The highest BCUT2D eigenvalue weighted by molar-refractivity contribution is 7.89. The summed E-state index contributed by atoms with van der Waals surface area (Å²) >= 11 is 0. The molecule has 139 heavy (non-hydrogen) atoms. The lowest BCUT2D eigenvalue weighted by Gasteiger charge is -2.36. The molecule has 29 nitrogen and oxygen atoms in total. The number of piperazine rings is 2. The summed E-state index contributed by atoms with van der Waals surface area (Å²) in [5, 5.41) is 19.7. The van der Waals surface area contributed by atoms with Gasteiger partial charge in [0, 0.05) is 215 Å². The average Bonchev–Trinajstić information content (AvgIpc) is 1.62. The molecule has 0 bridgehead atoms. The normalized spacial score (nSPS) is 14.0. The van der Waals surface area contributed by atoms with Gasteiger partial charge in [0.15, 0.2) is 28.4 Å². The van der Waals surface area contributed by atoms with E-state index in [0.717, 1.165) is 202 Å². The number of H-pyrrole nitrogens is 2. The highest BCUT2D eigenvalue weighted by Gasteiger charge is 2.46. The van der Waals surface area contributed by atoms with E-state index >= 15 is 0 Å². The molecule has 3 amide bonds. The van der Waals surface area contributed by atoms with Crippen LogP contribution in [0.3, 0.4) is 0 Å². The van der Waals surface area contributed by atoms with Crippen LogP contribution >= 0.6 is 0 Å². The molecule has 8 aromatic carbocycles. The van der Waals surface area contributed by atoms with E-state index in [1.807, 2.05) is 213 Å². The van der Waals surface area contributed by atoms with Crippen LogP contribution in [-0.2, 0) is 28.7 Å². The van der Waals surface area contributed by atoms with E-state index in [1.54, 1.807) is 74.3 Å². The van der Waals surface area contributed by atoms with Crippen molar-refractivity contribution in [3.8, 4) is 45.0 Å². The number of imidazole rings is 4. The smallest absolute Gasteiger partial charge is 0.253 e.